The van der Waals surface area contributed by atoms with Gasteiger partial charge in [-0.15, -0.1) is 11.3 Å². The van der Waals surface area contributed by atoms with Crippen LogP contribution in [0.15, 0.2) is 41.8 Å². The quantitative estimate of drug-likeness (QED) is 0.753. The van der Waals surface area contributed by atoms with Crippen molar-refractivity contribution in [2.75, 3.05) is 39.5 Å². The number of thiophene rings is 1. The first-order valence-corrected chi connectivity index (χ1v) is 10.4. The molecule has 1 saturated heterocycles. The van der Waals surface area contributed by atoms with Gasteiger partial charge in [-0.25, -0.2) is 0 Å². The van der Waals surface area contributed by atoms with Crippen LogP contribution in [-0.2, 0) is 9.53 Å². The van der Waals surface area contributed by atoms with Crippen LogP contribution in [0.25, 0.3) is 0 Å². The molecule has 0 aliphatic carbocycles. The summed E-state index contributed by atoms with van der Waals surface area (Å²) in [6.07, 6.45) is 0. The van der Waals surface area contributed by atoms with E-state index < -0.39 is 0 Å². The number of ether oxygens (including phenoxy) is 2. The fourth-order valence-electron chi connectivity index (χ4n) is 3.14. The van der Waals surface area contributed by atoms with Gasteiger partial charge in [0.25, 0.3) is 5.91 Å². The Kier molecular flexibility index (Phi) is 7.26. The van der Waals surface area contributed by atoms with Crippen LogP contribution in [-0.4, -0.2) is 50.3 Å². The molecule has 146 valence electrons. The molecule has 0 radical (unpaired) electrons. The summed E-state index contributed by atoms with van der Waals surface area (Å²) in [7, 11) is 0. The van der Waals surface area contributed by atoms with Crippen molar-refractivity contribution >= 4 is 17.2 Å². The molecule has 1 fully saturated rings. The monoisotopic (exact) mass is 388 g/mol. The van der Waals surface area contributed by atoms with Gasteiger partial charge in [0.1, 0.15) is 5.75 Å². The van der Waals surface area contributed by atoms with Gasteiger partial charge in [-0.3, -0.25) is 9.69 Å². The molecule has 1 aliphatic rings. The molecule has 5 nitrogen and oxygen atoms in total. The number of amides is 1. The highest BCUT2D eigenvalue weighted by Crippen LogP contribution is 2.25. The Morgan fingerprint density at radius 2 is 1.96 bits per heavy atom. The first-order valence-electron chi connectivity index (χ1n) is 9.48. The number of morpholine rings is 1. The zero-order valence-corrected chi connectivity index (χ0v) is 16.8. The average molecular weight is 389 g/mol. The maximum atomic E-state index is 12.3. The number of carbonyl (C=O) groups is 1. The minimum absolute atomic E-state index is 0.0291. The molecule has 1 aromatic carbocycles. The summed E-state index contributed by atoms with van der Waals surface area (Å²) in [4.78, 5) is 15.9. The van der Waals surface area contributed by atoms with E-state index >= 15 is 0 Å². The second-order valence-corrected chi connectivity index (χ2v) is 7.98. The first-order chi connectivity index (χ1) is 13.1. The third-order valence-electron chi connectivity index (χ3n) is 4.77. The molecule has 1 aromatic heterocycles. The smallest absolute Gasteiger partial charge is 0.258 e. The van der Waals surface area contributed by atoms with Crippen LogP contribution in [0.2, 0.25) is 0 Å². The molecule has 0 unspecified atom stereocenters. The molecule has 1 amide bonds. The van der Waals surface area contributed by atoms with E-state index in [-0.39, 0.29) is 18.6 Å². The Morgan fingerprint density at radius 1 is 1.22 bits per heavy atom. The lowest BCUT2D eigenvalue weighted by molar-refractivity contribution is -0.123. The van der Waals surface area contributed by atoms with E-state index in [0.29, 0.717) is 12.5 Å². The molecule has 1 aliphatic heterocycles. The summed E-state index contributed by atoms with van der Waals surface area (Å²) < 4.78 is 11.1. The van der Waals surface area contributed by atoms with E-state index in [9.17, 15) is 4.79 Å². The van der Waals surface area contributed by atoms with Gasteiger partial charge >= 0.3 is 0 Å². The van der Waals surface area contributed by atoms with E-state index in [1.165, 1.54) is 10.4 Å². The molecule has 0 spiro atoms. The van der Waals surface area contributed by atoms with Gasteiger partial charge in [-0.2, -0.15) is 0 Å². The minimum Gasteiger partial charge on any atom is -0.484 e. The maximum Gasteiger partial charge on any atom is 0.258 e. The molecule has 0 saturated carbocycles. The molecule has 6 heteroatoms. The van der Waals surface area contributed by atoms with Gasteiger partial charge in [-0.1, -0.05) is 32.0 Å². The van der Waals surface area contributed by atoms with Crippen molar-refractivity contribution in [3.8, 4) is 5.75 Å². The Balaban J connectivity index is 1.50. The van der Waals surface area contributed by atoms with Crippen molar-refractivity contribution in [1.82, 2.24) is 10.2 Å². The predicted octanol–water partition coefficient (Wildman–Crippen LogP) is 3.44. The van der Waals surface area contributed by atoms with E-state index in [0.717, 1.165) is 32.1 Å². The van der Waals surface area contributed by atoms with E-state index in [2.05, 4.69) is 41.6 Å². The van der Waals surface area contributed by atoms with Gasteiger partial charge in [0.15, 0.2) is 6.61 Å². The van der Waals surface area contributed by atoms with Crippen LogP contribution >= 0.6 is 11.3 Å². The first kappa shape index (κ1) is 19.9. The molecule has 27 heavy (non-hydrogen) atoms. The molecular weight excluding hydrogens is 360 g/mol. The summed E-state index contributed by atoms with van der Waals surface area (Å²) in [5.41, 5.74) is 1.26. The Hall–Kier alpha value is -1.89. The summed E-state index contributed by atoms with van der Waals surface area (Å²) in [6, 6.07) is 12.3. The lowest BCUT2D eigenvalue weighted by Crippen LogP contribution is -2.44. The maximum absolute atomic E-state index is 12.3. The summed E-state index contributed by atoms with van der Waals surface area (Å²) in [6.45, 7) is 8.17. The van der Waals surface area contributed by atoms with Gasteiger partial charge in [0.2, 0.25) is 0 Å². The molecule has 3 rings (SSSR count). The number of nitrogens with zero attached hydrogens (tertiary/aromatic N) is 1. The lowest BCUT2D eigenvalue weighted by atomic mass is 10.0. The fourth-order valence-corrected chi connectivity index (χ4v) is 4.00. The Morgan fingerprint density at radius 3 is 2.59 bits per heavy atom. The van der Waals surface area contributed by atoms with Crippen molar-refractivity contribution in [3.63, 3.8) is 0 Å². The fraction of sp³-hybridized carbons (Fsp3) is 0.476. The van der Waals surface area contributed by atoms with E-state index in [1.807, 2.05) is 24.3 Å². The standard InChI is InChI=1S/C21H28N2O3S/c1-16(2)17-5-7-18(8-6-17)26-15-21(24)22-14-19(20-4-3-13-27-20)23-9-11-25-12-10-23/h3-8,13,16,19H,9-12,14-15H2,1-2H3,(H,22,24)/t19-/m0/s1. The number of nitrogens with one attached hydrogen (secondary N) is 1. The van der Waals surface area contributed by atoms with E-state index in [4.69, 9.17) is 9.47 Å². The number of benzene rings is 1. The molecule has 1 atom stereocenters. The van der Waals surface area contributed by atoms with Gasteiger partial charge in [-0.05, 0) is 35.1 Å². The molecule has 0 bridgehead atoms. The van der Waals surface area contributed by atoms with Crippen LogP contribution in [0.4, 0.5) is 0 Å². The second kappa shape index (κ2) is 9.88. The lowest BCUT2D eigenvalue weighted by Gasteiger charge is -2.34. The molecule has 1 N–H and O–H groups in total. The van der Waals surface area contributed by atoms with Gasteiger partial charge in [0.05, 0.1) is 19.3 Å². The SMILES string of the molecule is CC(C)c1ccc(OCC(=O)NC[C@@H](c2cccs2)N2CCOCC2)cc1. The van der Waals surface area contributed by atoms with Crippen LogP contribution in [0.3, 0.4) is 0 Å². The molecular formula is C21H28N2O3S. The predicted molar refractivity (Wildman–Crippen MR) is 108 cm³/mol. The molecule has 2 heterocycles. The van der Waals surface area contributed by atoms with Crippen LogP contribution in [0.1, 0.15) is 36.2 Å². The van der Waals surface area contributed by atoms with Crippen LogP contribution in [0, 0.1) is 0 Å². The highest BCUT2D eigenvalue weighted by molar-refractivity contribution is 7.10. The highest BCUT2D eigenvalue weighted by atomic mass is 32.1. The summed E-state index contributed by atoms with van der Waals surface area (Å²) >= 11 is 1.73. The number of rotatable bonds is 8. The number of carbonyl (C=O) groups excluding carboxylic acids is 1. The zero-order valence-electron chi connectivity index (χ0n) is 16.0. The van der Waals surface area contributed by atoms with Crippen molar-refractivity contribution in [3.05, 3.63) is 52.2 Å². The largest absolute Gasteiger partial charge is 0.484 e. The summed E-state index contributed by atoms with van der Waals surface area (Å²) in [5.74, 6) is 1.10. The van der Waals surface area contributed by atoms with Crippen LogP contribution < -0.4 is 10.1 Å². The summed E-state index contributed by atoms with van der Waals surface area (Å²) in [5, 5.41) is 5.11. The average Bonchev–Trinajstić information content (AvgIpc) is 3.22. The third kappa shape index (κ3) is 5.79. The Labute approximate surface area is 165 Å². The van der Waals surface area contributed by atoms with Gasteiger partial charge < -0.3 is 14.8 Å². The third-order valence-corrected chi connectivity index (χ3v) is 5.74. The highest BCUT2D eigenvalue weighted by Gasteiger charge is 2.23. The topological polar surface area (TPSA) is 50.8 Å². The van der Waals surface area contributed by atoms with Crippen molar-refractivity contribution < 1.29 is 14.3 Å². The second-order valence-electron chi connectivity index (χ2n) is 7.00. The Bertz CT molecular complexity index is 695. The number of hydrogen-bond donors (Lipinski definition) is 1. The molecule has 2 aromatic rings. The normalized spacial score (nSPS) is 16.3. The van der Waals surface area contributed by atoms with Crippen molar-refractivity contribution in [2.24, 2.45) is 0 Å². The van der Waals surface area contributed by atoms with Crippen molar-refractivity contribution in [1.29, 1.82) is 0 Å². The van der Waals surface area contributed by atoms with Gasteiger partial charge in [0, 0.05) is 24.5 Å². The number of hydrogen-bond acceptors (Lipinski definition) is 5. The van der Waals surface area contributed by atoms with Crippen LogP contribution in [0.5, 0.6) is 5.75 Å². The van der Waals surface area contributed by atoms with E-state index in [1.54, 1.807) is 11.3 Å². The zero-order chi connectivity index (χ0) is 19.1. The minimum atomic E-state index is -0.0993. The van der Waals surface area contributed by atoms with Crippen molar-refractivity contribution in [2.45, 2.75) is 25.8 Å².